The lowest BCUT2D eigenvalue weighted by Gasteiger charge is -2.52. The maximum absolute atomic E-state index is 11.7. The van der Waals surface area contributed by atoms with E-state index in [4.69, 9.17) is 14.2 Å². The molecule has 0 aliphatic carbocycles. The van der Waals surface area contributed by atoms with E-state index in [9.17, 15) is 4.79 Å². The van der Waals surface area contributed by atoms with Crippen LogP contribution in [0.4, 0.5) is 0 Å². The molecule has 114 valence electrons. The molecule has 1 aromatic heterocycles. The Hall–Kier alpha value is -1.66. The van der Waals surface area contributed by atoms with Crippen LogP contribution in [0.1, 0.15) is 12.8 Å². The quantitative estimate of drug-likeness (QED) is 0.824. The summed E-state index contributed by atoms with van der Waals surface area (Å²) in [6, 6.07) is 5.63. The molecule has 0 unspecified atom stereocenters. The molecule has 3 rings (SSSR count). The molecule has 1 atom stereocenters. The van der Waals surface area contributed by atoms with Gasteiger partial charge in [0, 0.05) is 32.2 Å². The molecule has 0 bridgehead atoms. The molecule has 1 amide bonds. The Balaban J connectivity index is 1.54. The van der Waals surface area contributed by atoms with Gasteiger partial charge in [-0.2, -0.15) is 0 Å². The number of methoxy groups -OCH3 is 1. The predicted molar refractivity (Wildman–Crippen MR) is 75.0 cm³/mol. The minimum absolute atomic E-state index is 0.0134. The number of carbonyl (C=O) groups excluding carboxylic acids is 1. The standard InChI is InChI=1S/C15H20N2O4/c1-19-9-14(18)17-10-15(11-17)8-12(5-7-20-15)21-13-4-2-3-6-16-13/h2-4,6,12H,5,7-11H2,1H3/t12-/m0/s1. The van der Waals surface area contributed by atoms with Gasteiger partial charge in [-0.05, 0) is 6.07 Å². The molecule has 2 aliphatic heterocycles. The molecular formula is C15H20N2O4. The molecule has 2 fully saturated rings. The lowest BCUT2D eigenvalue weighted by molar-refractivity contribution is -0.195. The lowest BCUT2D eigenvalue weighted by atomic mass is 9.84. The van der Waals surface area contributed by atoms with Gasteiger partial charge in [-0.3, -0.25) is 4.79 Å². The first-order chi connectivity index (χ1) is 10.2. The van der Waals surface area contributed by atoms with Crippen LogP contribution >= 0.6 is 0 Å². The number of rotatable bonds is 4. The van der Waals surface area contributed by atoms with Crippen molar-refractivity contribution in [1.29, 1.82) is 0 Å². The summed E-state index contributed by atoms with van der Waals surface area (Å²) < 4.78 is 16.7. The van der Waals surface area contributed by atoms with Crippen molar-refractivity contribution in [1.82, 2.24) is 9.88 Å². The molecule has 0 N–H and O–H groups in total. The average molecular weight is 292 g/mol. The van der Waals surface area contributed by atoms with Crippen LogP contribution < -0.4 is 4.74 Å². The Labute approximate surface area is 124 Å². The molecular weight excluding hydrogens is 272 g/mol. The number of aromatic nitrogens is 1. The van der Waals surface area contributed by atoms with Gasteiger partial charge < -0.3 is 19.1 Å². The van der Waals surface area contributed by atoms with Crippen molar-refractivity contribution in [2.24, 2.45) is 0 Å². The third-order valence-electron chi connectivity index (χ3n) is 3.95. The second kappa shape index (κ2) is 5.99. The highest BCUT2D eigenvalue weighted by atomic mass is 16.5. The van der Waals surface area contributed by atoms with Crippen molar-refractivity contribution in [2.75, 3.05) is 33.4 Å². The molecule has 0 saturated carbocycles. The first kappa shape index (κ1) is 14.3. The predicted octanol–water partition coefficient (Wildman–Crippen LogP) is 0.867. The molecule has 2 aliphatic rings. The third-order valence-corrected chi connectivity index (χ3v) is 3.95. The number of likely N-dealkylation sites (tertiary alicyclic amines) is 1. The fraction of sp³-hybridized carbons (Fsp3) is 0.600. The molecule has 0 aromatic carbocycles. The zero-order valence-electron chi connectivity index (χ0n) is 12.2. The first-order valence-electron chi connectivity index (χ1n) is 7.19. The van der Waals surface area contributed by atoms with Crippen molar-refractivity contribution in [3.8, 4) is 5.88 Å². The van der Waals surface area contributed by atoms with E-state index in [0.29, 0.717) is 25.6 Å². The summed E-state index contributed by atoms with van der Waals surface area (Å²) >= 11 is 0. The van der Waals surface area contributed by atoms with Gasteiger partial charge in [0.15, 0.2) is 0 Å². The number of ether oxygens (including phenoxy) is 3. The highest BCUT2D eigenvalue weighted by Gasteiger charge is 2.49. The van der Waals surface area contributed by atoms with E-state index in [2.05, 4.69) is 4.98 Å². The van der Waals surface area contributed by atoms with Crippen LogP contribution in [0.5, 0.6) is 5.88 Å². The fourth-order valence-corrected chi connectivity index (χ4v) is 2.93. The zero-order chi connectivity index (χ0) is 14.7. The average Bonchev–Trinajstić information content (AvgIpc) is 2.46. The monoisotopic (exact) mass is 292 g/mol. The third kappa shape index (κ3) is 3.16. The first-order valence-corrected chi connectivity index (χ1v) is 7.19. The minimum Gasteiger partial charge on any atom is -0.474 e. The summed E-state index contributed by atoms with van der Waals surface area (Å²) in [4.78, 5) is 17.7. The van der Waals surface area contributed by atoms with Crippen molar-refractivity contribution >= 4 is 5.91 Å². The largest absolute Gasteiger partial charge is 0.474 e. The van der Waals surface area contributed by atoms with Crippen LogP contribution in [0.25, 0.3) is 0 Å². The summed E-state index contributed by atoms with van der Waals surface area (Å²) in [5.74, 6) is 0.658. The van der Waals surface area contributed by atoms with Gasteiger partial charge in [-0.1, -0.05) is 6.07 Å². The molecule has 1 aromatic rings. The lowest BCUT2D eigenvalue weighted by Crippen LogP contribution is -2.68. The Morgan fingerprint density at radius 2 is 2.38 bits per heavy atom. The summed E-state index contributed by atoms with van der Waals surface area (Å²) in [6.07, 6.45) is 3.46. The number of nitrogens with zero attached hydrogens (tertiary/aromatic N) is 2. The smallest absolute Gasteiger partial charge is 0.248 e. The molecule has 2 saturated heterocycles. The summed E-state index contributed by atoms with van der Waals surface area (Å²) in [6.45, 7) is 2.03. The molecule has 6 heteroatoms. The molecule has 21 heavy (non-hydrogen) atoms. The number of hydrogen-bond donors (Lipinski definition) is 0. The Kier molecular flexibility index (Phi) is 4.07. The zero-order valence-corrected chi connectivity index (χ0v) is 12.2. The second-order valence-corrected chi connectivity index (χ2v) is 5.61. The molecule has 1 spiro atoms. The Bertz CT molecular complexity index is 488. The highest BCUT2D eigenvalue weighted by molar-refractivity contribution is 5.78. The van der Waals surface area contributed by atoms with Gasteiger partial charge in [0.25, 0.3) is 0 Å². The van der Waals surface area contributed by atoms with Gasteiger partial charge in [0.1, 0.15) is 18.3 Å². The van der Waals surface area contributed by atoms with E-state index in [1.807, 2.05) is 18.2 Å². The summed E-state index contributed by atoms with van der Waals surface area (Å²) in [5, 5.41) is 0. The molecule has 6 nitrogen and oxygen atoms in total. The van der Waals surface area contributed by atoms with Crippen LogP contribution in [-0.4, -0.2) is 60.9 Å². The topological polar surface area (TPSA) is 60.9 Å². The maximum atomic E-state index is 11.7. The fourth-order valence-electron chi connectivity index (χ4n) is 2.93. The van der Waals surface area contributed by atoms with E-state index in [-0.39, 0.29) is 24.2 Å². The SMILES string of the molecule is COCC(=O)N1CC2(C[C@@H](Oc3ccccn3)CCO2)C1. The highest BCUT2D eigenvalue weighted by Crippen LogP contribution is 2.35. The van der Waals surface area contributed by atoms with Crippen LogP contribution in [0.2, 0.25) is 0 Å². The van der Waals surface area contributed by atoms with E-state index >= 15 is 0 Å². The van der Waals surface area contributed by atoms with Gasteiger partial charge in [-0.15, -0.1) is 0 Å². The van der Waals surface area contributed by atoms with Crippen LogP contribution in [0.15, 0.2) is 24.4 Å². The van der Waals surface area contributed by atoms with Crippen LogP contribution in [0, 0.1) is 0 Å². The maximum Gasteiger partial charge on any atom is 0.248 e. The van der Waals surface area contributed by atoms with E-state index < -0.39 is 0 Å². The number of pyridine rings is 1. The summed E-state index contributed by atoms with van der Waals surface area (Å²) in [7, 11) is 1.53. The van der Waals surface area contributed by atoms with E-state index in [1.54, 1.807) is 11.1 Å². The summed E-state index contributed by atoms with van der Waals surface area (Å²) in [5.41, 5.74) is -0.249. The Morgan fingerprint density at radius 3 is 3.10 bits per heavy atom. The second-order valence-electron chi connectivity index (χ2n) is 5.61. The van der Waals surface area contributed by atoms with Crippen molar-refractivity contribution in [3.05, 3.63) is 24.4 Å². The van der Waals surface area contributed by atoms with E-state index in [0.717, 1.165) is 12.8 Å². The van der Waals surface area contributed by atoms with Gasteiger partial charge in [0.05, 0.1) is 19.7 Å². The van der Waals surface area contributed by atoms with Crippen molar-refractivity contribution in [3.63, 3.8) is 0 Å². The van der Waals surface area contributed by atoms with Crippen molar-refractivity contribution < 1.29 is 19.0 Å². The number of carbonyl (C=O) groups is 1. The van der Waals surface area contributed by atoms with Crippen molar-refractivity contribution in [2.45, 2.75) is 24.5 Å². The Morgan fingerprint density at radius 1 is 1.52 bits per heavy atom. The normalized spacial score (nSPS) is 23.7. The minimum atomic E-state index is -0.249. The van der Waals surface area contributed by atoms with Gasteiger partial charge >= 0.3 is 0 Å². The molecule has 3 heterocycles. The van der Waals surface area contributed by atoms with Crippen LogP contribution in [0.3, 0.4) is 0 Å². The van der Waals surface area contributed by atoms with E-state index in [1.165, 1.54) is 7.11 Å². The van der Waals surface area contributed by atoms with Gasteiger partial charge in [-0.25, -0.2) is 4.98 Å². The van der Waals surface area contributed by atoms with Gasteiger partial charge in [0.2, 0.25) is 11.8 Å². The number of hydrogen-bond acceptors (Lipinski definition) is 5. The van der Waals surface area contributed by atoms with Crippen LogP contribution in [-0.2, 0) is 14.3 Å². The molecule has 0 radical (unpaired) electrons. The number of amides is 1.